The van der Waals surface area contributed by atoms with Gasteiger partial charge in [0.25, 0.3) is 5.91 Å². The van der Waals surface area contributed by atoms with Gasteiger partial charge in [-0.05, 0) is 11.4 Å². The second-order valence-electron chi connectivity index (χ2n) is 6.79. The van der Waals surface area contributed by atoms with Gasteiger partial charge in [0.05, 0.1) is 6.54 Å². The predicted molar refractivity (Wildman–Crippen MR) is 116 cm³/mol. The Morgan fingerprint density at radius 1 is 1.14 bits per heavy atom. The van der Waals surface area contributed by atoms with Gasteiger partial charge in [0.15, 0.2) is 0 Å². The Labute approximate surface area is 180 Å². The van der Waals surface area contributed by atoms with E-state index in [2.05, 4.69) is 11.9 Å². The zero-order chi connectivity index (χ0) is 20.9. The number of amides is 2. The number of thioether (sulfide) groups is 1. The lowest BCUT2D eigenvalue weighted by Gasteiger charge is -2.34. The molecule has 0 aliphatic carbocycles. The summed E-state index contributed by atoms with van der Waals surface area (Å²) in [6.07, 6.45) is 1.63. The Morgan fingerprint density at radius 2 is 1.83 bits per heavy atom. The zero-order valence-electron chi connectivity index (χ0n) is 16.2. The Morgan fingerprint density at radius 3 is 2.48 bits per heavy atom. The Hall–Kier alpha value is -1.40. The van der Waals surface area contributed by atoms with Crippen LogP contribution in [0.5, 0.6) is 0 Å². The van der Waals surface area contributed by atoms with Crippen molar-refractivity contribution >= 4 is 44.9 Å². The van der Waals surface area contributed by atoms with Crippen molar-refractivity contribution in [2.75, 3.05) is 63.9 Å². The van der Waals surface area contributed by atoms with E-state index in [9.17, 15) is 18.0 Å². The van der Waals surface area contributed by atoms with E-state index < -0.39 is 10.0 Å². The minimum absolute atomic E-state index is 0.0731. The highest BCUT2D eigenvalue weighted by Crippen LogP contribution is 2.28. The standard InChI is InChI=1S/C18H26N4O4S3/c1-2-4-19-16(23)14-20-5-7-21(8-6-20)18(24)17-15(3-11-28-17)29(25,26)22-9-12-27-13-10-22/h2-3,11H,1,4-10,12-14H2,(H,19,23). The molecule has 0 aromatic carbocycles. The summed E-state index contributed by atoms with van der Waals surface area (Å²) in [7, 11) is -3.66. The molecule has 11 heteroatoms. The number of sulfonamides is 1. The lowest BCUT2D eigenvalue weighted by atomic mass is 10.3. The molecule has 0 atom stereocenters. The molecule has 1 N–H and O–H groups in total. The van der Waals surface area contributed by atoms with Gasteiger partial charge in [0.1, 0.15) is 9.77 Å². The molecule has 2 fully saturated rings. The van der Waals surface area contributed by atoms with Crippen molar-refractivity contribution in [1.82, 2.24) is 19.4 Å². The highest BCUT2D eigenvalue weighted by Gasteiger charge is 2.33. The van der Waals surface area contributed by atoms with E-state index in [1.807, 2.05) is 4.90 Å². The van der Waals surface area contributed by atoms with E-state index in [0.717, 1.165) is 11.5 Å². The monoisotopic (exact) mass is 458 g/mol. The molecule has 0 unspecified atom stereocenters. The molecule has 1 aromatic heterocycles. The number of nitrogens with zero attached hydrogens (tertiary/aromatic N) is 3. The van der Waals surface area contributed by atoms with Crippen molar-refractivity contribution in [3.63, 3.8) is 0 Å². The number of rotatable bonds is 7. The molecule has 3 rings (SSSR count). The Bertz CT molecular complexity index is 841. The summed E-state index contributed by atoms with van der Waals surface area (Å²) in [5.74, 6) is 1.22. The molecule has 0 saturated carbocycles. The number of piperazine rings is 1. The first kappa shape index (κ1) is 22.3. The van der Waals surface area contributed by atoms with Crippen molar-refractivity contribution in [2.45, 2.75) is 4.90 Å². The minimum atomic E-state index is -3.66. The fourth-order valence-electron chi connectivity index (χ4n) is 3.28. The van der Waals surface area contributed by atoms with E-state index in [1.54, 1.807) is 28.1 Å². The Balaban J connectivity index is 1.62. The van der Waals surface area contributed by atoms with Crippen LogP contribution in [0.25, 0.3) is 0 Å². The third-order valence-corrected chi connectivity index (χ3v) is 8.80. The predicted octanol–water partition coefficient (Wildman–Crippen LogP) is 0.546. The molecule has 2 amide bonds. The van der Waals surface area contributed by atoms with Crippen molar-refractivity contribution in [1.29, 1.82) is 0 Å². The van der Waals surface area contributed by atoms with Crippen molar-refractivity contribution in [3.8, 4) is 0 Å². The molecule has 0 bridgehead atoms. The lowest BCUT2D eigenvalue weighted by Crippen LogP contribution is -2.51. The zero-order valence-corrected chi connectivity index (χ0v) is 18.7. The van der Waals surface area contributed by atoms with Crippen LogP contribution in [-0.2, 0) is 14.8 Å². The summed E-state index contributed by atoms with van der Waals surface area (Å²) in [5.41, 5.74) is 0. The molecule has 0 spiro atoms. The van der Waals surface area contributed by atoms with E-state index in [0.29, 0.717) is 45.8 Å². The van der Waals surface area contributed by atoms with E-state index in [-0.39, 0.29) is 28.1 Å². The summed E-state index contributed by atoms with van der Waals surface area (Å²) < 4.78 is 27.5. The average Bonchev–Trinajstić information content (AvgIpc) is 3.24. The topological polar surface area (TPSA) is 90.0 Å². The summed E-state index contributed by atoms with van der Waals surface area (Å²) in [4.78, 5) is 28.9. The quantitative estimate of drug-likeness (QED) is 0.600. The average molecular weight is 459 g/mol. The maximum absolute atomic E-state index is 13.0. The molecule has 2 aliphatic rings. The molecule has 0 radical (unpaired) electrons. The molecule has 3 heterocycles. The first-order valence-corrected chi connectivity index (χ1v) is 13.0. The van der Waals surface area contributed by atoms with Crippen LogP contribution in [-0.4, -0.2) is 98.2 Å². The van der Waals surface area contributed by atoms with Crippen LogP contribution in [0.3, 0.4) is 0 Å². The van der Waals surface area contributed by atoms with Crippen LogP contribution in [0, 0.1) is 0 Å². The second-order valence-corrected chi connectivity index (χ2v) is 10.8. The van der Waals surface area contributed by atoms with E-state index in [4.69, 9.17) is 0 Å². The van der Waals surface area contributed by atoms with Gasteiger partial charge in [-0.15, -0.1) is 17.9 Å². The van der Waals surface area contributed by atoms with Gasteiger partial charge in [-0.25, -0.2) is 8.42 Å². The smallest absolute Gasteiger partial charge is 0.265 e. The Kier molecular flexibility index (Phi) is 7.74. The largest absolute Gasteiger partial charge is 0.352 e. The molecular formula is C18H26N4O4S3. The van der Waals surface area contributed by atoms with Gasteiger partial charge in [0.2, 0.25) is 15.9 Å². The molecule has 29 heavy (non-hydrogen) atoms. The summed E-state index contributed by atoms with van der Waals surface area (Å²) in [5, 5.41) is 4.41. The van der Waals surface area contributed by atoms with Gasteiger partial charge in [-0.3, -0.25) is 14.5 Å². The third-order valence-electron chi connectivity index (χ3n) is 4.88. The highest BCUT2D eigenvalue weighted by molar-refractivity contribution is 7.99. The molecule has 8 nitrogen and oxygen atoms in total. The van der Waals surface area contributed by atoms with Gasteiger partial charge in [-0.2, -0.15) is 16.1 Å². The van der Waals surface area contributed by atoms with Gasteiger partial charge in [0, 0.05) is 57.3 Å². The van der Waals surface area contributed by atoms with Crippen LogP contribution in [0.15, 0.2) is 29.0 Å². The van der Waals surface area contributed by atoms with Crippen molar-refractivity contribution < 1.29 is 18.0 Å². The third kappa shape index (κ3) is 5.40. The van der Waals surface area contributed by atoms with Gasteiger partial charge < -0.3 is 10.2 Å². The first-order valence-electron chi connectivity index (χ1n) is 9.48. The van der Waals surface area contributed by atoms with Crippen molar-refractivity contribution in [2.24, 2.45) is 0 Å². The van der Waals surface area contributed by atoms with Crippen molar-refractivity contribution in [3.05, 3.63) is 29.0 Å². The van der Waals surface area contributed by atoms with E-state index in [1.165, 1.54) is 21.7 Å². The lowest BCUT2D eigenvalue weighted by molar-refractivity contribution is -0.122. The minimum Gasteiger partial charge on any atom is -0.352 e. The SMILES string of the molecule is C=CCNC(=O)CN1CCN(C(=O)c2sccc2S(=O)(=O)N2CCSCC2)CC1. The van der Waals surface area contributed by atoms with Gasteiger partial charge >= 0.3 is 0 Å². The number of carbonyl (C=O) groups is 2. The summed E-state index contributed by atoms with van der Waals surface area (Å²) in [6, 6.07) is 1.54. The fraction of sp³-hybridized carbons (Fsp3) is 0.556. The van der Waals surface area contributed by atoms with E-state index >= 15 is 0 Å². The van der Waals surface area contributed by atoms with Crippen LogP contribution in [0.4, 0.5) is 0 Å². The number of carbonyl (C=O) groups excluding carboxylic acids is 2. The number of thiophene rings is 1. The molecule has 1 aromatic rings. The second kappa shape index (κ2) is 10.1. The maximum Gasteiger partial charge on any atom is 0.265 e. The van der Waals surface area contributed by atoms with Crippen LogP contribution < -0.4 is 5.32 Å². The van der Waals surface area contributed by atoms with Crippen LogP contribution >= 0.6 is 23.1 Å². The highest BCUT2D eigenvalue weighted by atomic mass is 32.2. The number of hydrogen-bond donors (Lipinski definition) is 1. The fourth-order valence-corrected chi connectivity index (χ4v) is 7.22. The number of nitrogens with one attached hydrogen (secondary N) is 1. The summed E-state index contributed by atoms with van der Waals surface area (Å²) >= 11 is 2.91. The molecule has 2 saturated heterocycles. The van der Waals surface area contributed by atoms with Crippen LogP contribution in [0.1, 0.15) is 9.67 Å². The molecular weight excluding hydrogens is 432 g/mol. The maximum atomic E-state index is 13.0. The first-order chi connectivity index (χ1) is 13.9. The summed E-state index contributed by atoms with van der Waals surface area (Å²) in [6.45, 7) is 7.31. The molecule has 160 valence electrons. The van der Waals surface area contributed by atoms with Gasteiger partial charge in [-0.1, -0.05) is 6.08 Å². The van der Waals surface area contributed by atoms with Crippen LogP contribution in [0.2, 0.25) is 0 Å². The molecule has 2 aliphatic heterocycles. The number of hydrogen-bond acceptors (Lipinski definition) is 7. The normalized spacial score (nSPS) is 19.1.